The van der Waals surface area contributed by atoms with Crippen molar-refractivity contribution < 1.29 is 9.66 Å². The highest BCUT2D eigenvalue weighted by Gasteiger charge is 2.21. The van der Waals surface area contributed by atoms with Crippen LogP contribution in [0.1, 0.15) is 5.56 Å². The number of nitro benzene ring substituents is 1. The molecule has 112 valence electrons. The first-order valence-electron chi connectivity index (χ1n) is 6.31. The van der Waals surface area contributed by atoms with Crippen molar-refractivity contribution in [3.8, 4) is 0 Å². The van der Waals surface area contributed by atoms with Crippen molar-refractivity contribution in [2.45, 2.75) is 0 Å². The van der Waals surface area contributed by atoms with Crippen molar-refractivity contribution in [3.63, 3.8) is 0 Å². The Labute approximate surface area is 121 Å². The molecule has 0 radical (unpaired) electrons. The summed E-state index contributed by atoms with van der Waals surface area (Å²) < 4.78 is 5.25. The molecule has 1 fully saturated rings. The van der Waals surface area contributed by atoms with Crippen LogP contribution in [0.4, 0.5) is 11.4 Å². The zero-order valence-corrected chi connectivity index (χ0v) is 11.3. The fourth-order valence-electron chi connectivity index (χ4n) is 2.00. The van der Waals surface area contributed by atoms with Gasteiger partial charge in [-0.2, -0.15) is 5.10 Å². The largest absolute Gasteiger partial charge is 0.378 e. The van der Waals surface area contributed by atoms with E-state index in [0.29, 0.717) is 37.6 Å². The Morgan fingerprint density at radius 1 is 1.38 bits per heavy atom. The number of hydrogen-bond acceptors (Lipinski definition) is 6. The van der Waals surface area contributed by atoms with Gasteiger partial charge in [-0.1, -0.05) is 6.07 Å². The van der Waals surface area contributed by atoms with Crippen LogP contribution in [0.5, 0.6) is 0 Å². The second-order valence-corrected chi connectivity index (χ2v) is 4.37. The van der Waals surface area contributed by atoms with E-state index >= 15 is 0 Å². The molecule has 1 saturated heterocycles. The maximum Gasteiger partial charge on any atom is 0.293 e. The number of nitro groups is 1. The highest BCUT2D eigenvalue weighted by atomic mass is 16.6. The summed E-state index contributed by atoms with van der Waals surface area (Å²) >= 11 is 0. The first kappa shape index (κ1) is 14.7. The van der Waals surface area contributed by atoms with Crippen LogP contribution in [0.25, 0.3) is 0 Å². The monoisotopic (exact) mass is 292 g/mol. The summed E-state index contributed by atoms with van der Waals surface area (Å²) in [6.07, 6.45) is 1.36. The summed E-state index contributed by atoms with van der Waals surface area (Å²) in [7, 11) is 0. The van der Waals surface area contributed by atoms with E-state index in [1.54, 1.807) is 12.1 Å². The predicted molar refractivity (Wildman–Crippen MR) is 79.5 cm³/mol. The standard InChI is InChI=1S/C12H16N6O3/c13-12(14)16-15-8-9-1-2-10(11(7-9)18(19)20)17-3-5-21-6-4-17/h1-2,7-8H,3-6H2,(H4,13,14,16)/b15-8-. The minimum Gasteiger partial charge on any atom is -0.378 e. The van der Waals surface area contributed by atoms with Crippen LogP contribution in [0.2, 0.25) is 0 Å². The zero-order chi connectivity index (χ0) is 15.2. The van der Waals surface area contributed by atoms with E-state index in [1.807, 2.05) is 4.90 Å². The van der Waals surface area contributed by atoms with E-state index < -0.39 is 4.92 Å². The quantitative estimate of drug-likeness (QED) is 0.348. The Hall–Kier alpha value is -2.68. The fourth-order valence-corrected chi connectivity index (χ4v) is 2.00. The van der Waals surface area contributed by atoms with Gasteiger partial charge in [0.05, 0.1) is 24.4 Å². The molecule has 0 aromatic heterocycles. The molecule has 1 heterocycles. The summed E-state index contributed by atoms with van der Waals surface area (Å²) in [5.41, 5.74) is 11.4. The van der Waals surface area contributed by atoms with E-state index in [1.165, 1.54) is 12.3 Å². The lowest BCUT2D eigenvalue weighted by Gasteiger charge is -2.28. The van der Waals surface area contributed by atoms with Crippen molar-refractivity contribution in [1.29, 1.82) is 0 Å². The molecule has 0 aliphatic carbocycles. The third-order valence-electron chi connectivity index (χ3n) is 2.93. The topological polar surface area (TPSA) is 132 Å². The molecule has 0 saturated carbocycles. The smallest absolute Gasteiger partial charge is 0.293 e. The van der Waals surface area contributed by atoms with E-state index in [2.05, 4.69) is 10.2 Å². The maximum atomic E-state index is 11.2. The molecule has 1 aromatic carbocycles. The number of guanidine groups is 1. The second kappa shape index (κ2) is 6.66. The number of nitrogens with zero attached hydrogens (tertiary/aromatic N) is 4. The second-order valence-electron chi connectivity index (χ2n) is 4.37. The number of morpholine rings is 1. The van der Waals surface area contributed by atoms with Gasteiger partial charge >= 0.3 is 0 Å². The zero-order valence-electron chi connectivity index (χ0n) is 11.3. The summed E-state index contributed by atoms with van der Waals surface area (Å²) in [5.74, 6) is -0.175. The SMILES string of the molecule is NC(N)=N/N=C\c1ccc(N2CCOCC2)c([N+](=O)[O-])c1. The minimum atomic E-state index is -0.414. The van der Waals surface area contributed by atoms with Crippen LogP contribution >= 0.6 is 0 Å². The number of benzene rings is 1. The summed E-state index contributed by atoms with van der Waals surface area (Å²) in [6.45, 7) is 2.38. The highest BCUT2D eigenvalue weighted by molar-refractivity contribution is 5.84. The van der Waals surface area contributed by atoms with Crippen LogP contribution in [0.3, 0.4) is 0 Å². The van der Waals surface area contributed by atoms with Gasteiger partial charge in [0.2, 0.25) is 5.96 Å². The third-order valence-corrected chi connectivity index (χ3v) is 2.93. The van der Waals surface area contributed by atoms with Crippen molar-refractivity contribution in [2.24, 2.45) is 21.7 Å². The molecule has 1 aromatic rings. The first-order valence-corrected chi connectivity index (χ1v) is 6.31. The molecule has 0 unspecified atom stereocenters. The molecular formula is C12H16N6O3. The van der Waals surface area contributed by atoms with Crippen LogP contribution in [0, 0.1) is 10.1 Å². The average Bonchev–Trinajstić information content (AvgIpc) is 2.47. The summed E-state index contributed by atoms with van der Waals surface area (Å²) in [5, 5.41) is 18.3. The molecule has 0 bridgehead atoms. The van der Waals surface area contributed by atoms with Crippen molar-refractivity contribution >= 4 is 23.5 Å². The summed E-state index contributed by atoms with van der Waals surface area (Å²) in [6, 6.07) is 4.86. The van der Waals surface area contributed by atoms with Crippen LogP contribution in [-0.2, 0) is 4.74 Å². The van der Waals surface area contributed by atoms with Crippen LogP contribution < -0.4 is 16.4 Å². The minimum absolute atomic E-state index is 0.0190. The van der Waals surface area contributed by atoms with Crippen molar-refractivity contribution in [3.05, 3.63) is 33.9 Å². The number of rotatable bonds is 4. The fraction of sp³-hybridized carbons (Fsp3) is 0.333. The lowest BCUT2D eigenvalue weighted by atomic mass is 10.1. The Morgan fingerprint density at radius 3 is 2.71 bits per heavy atom. The Kier molecular flexibility index (Phi) is 4.67. The Bertz CT molecular complexity index is 576. The maximum absolute atomic E-state index is 11.2. The molecule has 0 amide bonds. The lowest BCUT2D eigenvalue weighted by Crippen LogP contribution is -2.36. The molecule has 21 heavy (non-hydrogen) atoms. The number of nitrogens with two attached hydrogens (primary N) is 2. The molecule has 4 N–H and O–H groups in total. The van der Waals surface area contributed by atoms with Gasteiger partial charge in [-0.3, -0.25) is 10.1 Å². The molecule has 9 nitrogen and oxygen atoms in total. The van der Waals surface area contributed by atoms with E-state index in [4.69, 9.17) is 16.2 Å². The van der Waals surface area contributed by atoms with Gasteiger partial charge < -0.3 is 21.1 Å². The van der Waals surface area contributed by atoms with Gasteiger partial charge in [0.1, 0.15) is 5.69 Å². The van der Waals surface area contributed by atoms with Crippen LogP contribution in [-0.4, -0.2) is 43.4 Å². The van der Waals surface area contributed by atoms with Crippen molar-refractivity contribution in [2.75, 3.05) is 31.2 Å². The van der Waals surface area contributed by atoms with Gasteiger partial charge in [0.15, 0.2) is 0 Å². The molecule has 1 aliphatic heterocycles. The van der Waals surface area contributed by atoms with Gasteiger partial charge in [0, 0.05) is 24.7 Å². The number of hydrogen-bond donors (Lipinski definition) is 2. The molecule has 1 aliphatic rings. The lowest BCUT2D eigenvalue weighted by molar-refractivity contribution is -0.384. The highest BCUT2D eigenvalue weighted by Crippen LogP contribution is 2.29. The van der Waals surface area contributed by atoms with Crippen molar-refractivity contribution in [1.82, 2.24) is 0 Å². The normalized spacial score (nSPS) is 15.1. The Morgan fingerprint density at radius 2 is 2.10 bits per heavy atom. The summed E-state index contributed by atoms with van der Waals surface area (Å²) in [4.78, 5) is 12.7. The molecule has 2 rings (SSSR count). The third kappa shape index (κ3) is 3.89. The Balaban J connectivity index is 2.28. The van der Waals surface area contributed by atoms with E-state index in [0.717, 1.165) is 0 Å². The molecule has 9 heteroatoms. The number of anilines is 1. The van der Waals surface area contributed by atoms with E-state index in [-0.39, 0.29) is 11.6 Å². The number of ether oxygens (including phenoxy) is 1. The van der Waals surface area contributed by atoms with Gasteiger partial charge in [-0.25, -0.2) is 0 Å². The first-order chi connectivity index (χ1) is 10.1. The molecule has 0 atom stereocenters. The van der Waals surface area contributed by atoms with Gasteiger partial charge in [-0.15, -0.1) is 5.10 Å². The van der Waals surface area contributed by atoms with E-state index in [9.17, 15) is 10.1 Å². The van der Waals surface area contributed by atoms with Crippen LogP contribution in [0.15, 0.2) is 28.4 Å². The van der Waals surface area contributed by atoms with Gasteiger partial charge in [0.25, 0.3) is 5.69 Å². The van der Waals surface area contributed by atoms with Gasteiger partial charge in [-0.05, 0) is 6.07 Å². The average molecular weight is 292 g/mol. The molecular weight excluding hydrogens is 276 g/mol. The molecule has 0 spiro atoms. The predicted octanol–water partition coefficient (Wildman–Crippen LogP) is 0.0387.